The molecule has 2 aromatic carbocycles. The van der Waals surface area contributed by atoms with Gasteiger partial charge in [0.2, 0.25) is 5.95 Å². The summed E-state index contributed by atoms with van der Waals surface area (Å²) in [5, 5.41) is 3.58. The van der Waals surface area contributed by atoms with E-state index in [1.54, 1.807) is 16.7 Å². The number of aryl methyl sites for hydroxylation is 1. The SMILES string of the molecule is CCCOc1cc(Cl)cc2nc(Nc3ccc(OC(F)(F)F)cc3)n(C)c12. The normalized spacial score (nSPS) is 11.6. The Morgan fingerprint density at radius 3 is 2.52 bits per heavy atom. The van der Waals surface area contributed by atoms with Crippen LogP contribution < -0.4 is 14.8 Å². The van der Waals surface area contributed by atoms with Gasteiger partial charge in [0.05, 0.1) is 12.1 Å². The van der Waals surface area contributed by atoms with Crippen LogP contribution in [0.3, 0.4) is 0 Å². The van der Waals surface area contributed by atoms with Gasteiger partial charge < -0.3 is 19.4 Å². The molecule has 1 aromatic heterocycles. The molecule has 0 aliphatic carbocycles. The van der Waals surface area contributed by atoms with Crippen molar-refractivity contribution < 1.29 is 22.6 Å². The topological polar surface area (TPSA) is 48.3 Å². The molecule has 0 bridgehead atoms. The summed E-state index contributed by atoms with van der Waals surface area (Å²) in [5.41, 5.74) is 1.98. The standard InChI is InChI=1S/C18H17ClF3N3O2/c1-3-8-26-15-10-11(19)9-14-16(15)25(2)17(24-14)23-12-4-6-13(7-5-12)27-18(20,21)22/h4-7,9-10H,3,8H2,1-2H3,(H,23,24). The molecule has 9 heteroatoms. The van der Waals surface area contributed by atoms with Crippen LogP contribution in [0, 0.1) is 0 Å². The number of halogens is 4. The number of ether oxygens (including phenoxy) is 2. The van der Waals surface area contributed by atoms with Gasteiger partial charge in [-0.1, -0.05) is 18.5 Å². The Kier molecular flexibility index (Phi) is 5.36. The first-order valence-electron chi connectivity index (χ1n) is 8.18. The molecule has 0 unspecified atom stereocenters. The van der Waals surface area contributed by atoms with E-state index in [1.165, 1.54) is 24.3 Å². The lowest BCUT2D eigenvalue weighted by Gasteiger charge is -2.11. The van der Waals surface area contributed by atoms with E-state index in [0.29, 0.717) is 34.5 Å². The highest BCUT2D eigenvalue weighted by atomic mass is 35.5. The molecule has 1 heterocycles. The van der Waals surface area contributed by atoms with Crippen LogP contribution >= 0.6 is 11.6 Å². The summed E-state index contributed by atoms with van der Waals surface area (Å²) in [6.45, 7) is 2.55. The van der Waals surface area contributed by atoms with Crippen molar-refractivity contribution in [2.45, 2.75) is 19.7 Å². The number of rotatable bonds is 6. The number of nitrogens with zero attached hydrogens (tertiary/aromatic N) is 2. The van der Waals surface area contributed by atoms with Gasteiger partial charge in [-0.2, -0.15) is 0 Å². The maximum atomic E-state index is 12.2. The van der Waals surface area contributed by atoms with Gasteiger partial charge in [0.1, 0.15) is 17.0 Å². The third kappa shape index (κ3) is 4.57. The molecule has 3 aromatic rings. The predicted molar refractivity (Wildman–Crippen MR) is 97.9 cm³/mol. The van der Waals surface area contributed by atoms with Gasteiger partial charge in [-0.05, 0) is 36.8 Å². The van der Waals surface area contributed by atoms with Crippen molar-refractivity contribution in [3.8, 4) is 11.5 Å². The largest absolute Gasteiger partial charge is 0.573 e. The van der Waals surface area contributed by atoms with Crippen molar-refractivity contribution >= 4 is 34.3 Å². The van der Waals surface area contributed by atoms with Crippen LogP contribution in [0.4, 0.5) is 24.8 Å². The molecule has 144 valence electrons. The van der Waals surface area contributed by atoms with Crippen LogP contribution in [-0.2, 0) is 7.05 Å². The molecule has 0 saturated carbocycles. The van der Waals surface area contributed by atoms with Gasteiger partial charge in [-0.25, -0.2) is 4.98 Å². The number of fused-ring (bicyclic) bond motifs is 1. The second-order valence-corrected chi connectivity index (χ2v) is 6.25. The zero-order valence-corrected chi connectivity index (χ0v) is 15.4. The maximum Gasteiger partial charge on any atom is 0.573 e. The van der Waals surface area contributed by atoms with E-state index in [2.05, 4.69) is 15.0 Å². The number of alkyl halides is 3. The molecule has 0 saturated heterocycles. The van der Waals surface area contributed by atoms with Crippen molar-refractivity contribution in [1.82, 2.24) is 9.55 Å². The van der Waals surface area contributed by atoms with Crippen molar-refractivity contribution in [1.29, 1.82) is 0 Å². The summed E-state index contributed by atoms with van der Waals surface area (Å²) in [5.74, 6) is 0.828. The van der Waals surface area contributed by atoms with Gasteiger partial charge in [0, 0.05) is 23.8 Å². The number of benzene rings is 2. The van der Waals surface area contributed by atoms with Crippen LogP contribution in [0.15, 0.2) is 36.4 Å². The molecule has 0 aliphatic rings. The van der Waals surface area contributed by atoms with E-state index >= 15 is 0 Å². The summed E-state index contributed by atoms with van der Waals surface area (Å²) in [4.78, 5) is 4.50. The lowest BCUT2D eigenvalue weighted by Crippen LogP contribution is -2.17. The molecule has 27 heavy (non-hydrogen) atoms. The lowest BCUT2D eigenvalue weighted by molar-refractivity contribution is -0.274. The summed E-state index contributed by atoms with van der Waals surface area (Å²) in [7, 11) is 1.81. The Bertz CT molecular complexity index is 940. The first kappa shape index (κ1) is 19.2. The Balaban J connectivity index is 1.88. The van der Waals surface area contributed by atoms with Gasteiger partial charge in [0.25, 0.3) is 0 Å². The fraction of sp³-hybridized carbons (Fsp3) is 0.278. The van der Waals surface area contributed by atoms with Gasteiger partial charge >= 0.3 is 6.36 Å². The van der Waals surface area contributed by atoms with E-state index < -0.39 is 6.36 Å². The van der Waals surface area contributed by atoms with Gasteiger partial charge in [-0.15, -0.1) is 13.2 Å². The molecule has 0 fully saturated rings. The quantitative estimate of drug-likeness (QED) is 0.581. The smallest absolute Gasteiger partial charge is 0.491 e. The molecule has 0 atom stereocenters. The third-order valence-electron chi connectivity index (χ3n) is 3.70. The number of anilines is 2. The highest BCUT2D eigenvalue weighted by Gasteiger charge is 2.31. The van der Waals surface area contributed by atoms with E-state index in [9.17, 15) is 13.2 Å². The molecular weight excluding hydrogens is 383 g/mol. The molecule has 3 rings (SSSR count). The first-order valence-corrected chi connectivity index (χ1v) is 8.56. The number of hydrogen-bond acceptors (Lipinski definition) is 4. The monoisotopic (exact) mass is 399 g/mol. The van der Waals surface area contributed by atoms with Gasteiger partial charge in [-0.3, -0.25) is 0 Å². The highest BCUT2D eigenvalue weighted by Crippen LogP contribution is 2.33. The molecule has 1 N–H and O–H groups in total. The summed E-state index contributed by atoms with van der Waals surface area (Å²) in [6, 6.07) is 8.86. The molecule has 0 radical (unpaired) electrons. The summed E-state index contributed by atoms with van der Waals surface area (Å²) < 4.78 is 48.2. The Morgan fingerprint density at radius 1 is 1.19 bits per heavy atom. The van der Waals surface area contributed by atoms with Crippen molar-refractivity contribution in [3.05, 3.63) is 41.4 Å². The van der Waals surface area contributed by atoms with Crippen LogP contribution in [-0.4, -0.2) is 22.5 Å². The molecular formula is C18H17ClF3N3O2. The highest BCUT2D eigenvalue weighted by molar-refractivity contribution is 6.31. The van der Waals surface area contributed by atoms with Crippen LogP contribution in [0.1, 0.15) is 13.3 Å². The fourth-order valence-corrected chi connectivity index (χ4v) is 2.78. The van der Waals surface area contributed by atoms with Crippen molar-refractivity contribution in [2.24, 2.45) is 7.05 Å². The number of imidazole rings is 1. The number of nitrogens with one attached hydrogen (secondary N) is 1. The Hall–Kier alpha value is -2.61. The maximum absolute atomic E-state index is 12.2. The first-order chi connectivity index (χ1) is 12.8. The zero-order chi connectivity index (χ0) is 19.6. The third-order valence-corrected chi connectivity index (χ3v) is 3.92. The predicted octanol–water partition coefficient (Wildman–Crippen LogP) is 5.66. The molecule has 0 aliphatic heterocycles. The average molecular weight is 400 g/mol. The second kappa shape index (κ2) is 7.56. The number of hydrogen-bond donors (Lipinski definition) is 1. The zero-order valence-electron chi connectivity index (χ0n) is 14.6. The minimum atomic E-state index is -4.72. The number of aromatic nitrogens is 2. The molecule has 0 amide bonds. The molecule has 0 spiro atoms. The van der Waals surface area contributed by atoms with Crippen molar-refractivity contribution in [3.63, 3.8) is 0 Å². The van der Waals surface area contributed by atoms with Crippen LogP contribution in [0.5, 0.6) is 11.5 Å². The summed E-state index contributed by atoms with van der Waals surface area (Å²) >= 11 is 6.14. The van der Waals surface area contributed by atoms with Gasteiger partial charge in [0.15, 0.2) is 0 Å². The summed E-state index contributed by atoms with van der Waals surface area (Å²) in [6.07, 6.45) is -3.87. The van der Waals surface area contributed by atoms with E-state index in [-0.39, 0.29) is 5.75 Å². The minimum absolute atomic E-state index is 0.292. The van der Waals surface area contributed by atoms with Crippen LogP contribution in [0.2, 0.25) is 5.02 Å². The minimum Gasteiger partial charge on any atom is -0.491 e. The van der Waals surface area contributed by atoms with E-state index in [1.807, 2.05) is 14.0 Å². The average Bonchev–Trinajstić information content (AvgIpc) is 2.88. The molecule has 5 nitrogen and oxygen atoms in total. The second-order valence-electron chi connectivity index (χ2n) is 5.81. The Labute approximate surface area is 158 Å². The van der Waals surface area contributed by atoms with Crippen LogP contribution in [0.25, 0.3) is 11.0 Å². The Morgan fingerprint density at radius 2 is 1.89 bits per heavy atom. The van der Waals surface area contributed by atoms with E-state index in [4.69, 9.17) is 16.3 Å². The van der Waals surface area contributed by atoms with Crippen molar-refractivity contribution in [2.75, 3.05) is 11.9 Å². The fourth-order valence-electron chi connectivity index (χ4n) is 2.58. The lowest BCUT2D eigenvalue weighted by atomic mass is 10.3. The van der Waals surface area contributed by atoms with E-state index in [0.717, 1.165) is 11.9 Å².